The van der Waals surface area contributed by atoms with Gasteiger partial charge in [-0.2, -0.15) is 0 Å². The highest BCUT2D eigenvalue weighted by Gasteiger charge is 2.48. The standard InChI is InChI=1S/C34H34N2O5S/c1-18(2)11-12-40-25-8-6-7-22(17-25)30-28(31(37)23-9-10-26-24(16-23)15-21(5)41-26)32(38)33(39)36(30)34-35-29-20(4)13-19(3)14-27(29)42-34/h6-10,13-14,16-18,21,30,37H,11-12,15H2,1-5H3/t21-,30+/m0/s1. The number of hydrogen-bond acceptors (Lipinski definition) is 7. The van der Waals surface area contributed by atoms with E-state index < -0.39 is 17.7 Å². The second kappa shape index (κ2) is 10.9. The molecule has 0 spiro atoms. The zero-order valence-corrected chi connectivity index (χ0v) is 25.2. The van der Waals surface area contributed by atoms with Gasteiger partial charge in [-0.3, -0.25) is 14.5 Å². The number of ketones is 1. The molecule has 1 amide bonds. The third kappa shape index (κ3) is 5.04. The summed E-state index contributed by atoms with van der Waals surface area (Å²) in [7, 11) is 0. The smallest absolute Gasteiger partial charge is 0.301 e. The number of aryl methyl sites for hydroxylation is 2. The second-order valence-corrected chi connectivity index (χ2v) is 12.7. The lowest BCUT2D eigenvalue weighted by atomic mass is 9.94. The van der Waals surface area contributed by atoms with Crippen LogP contribution in [0.15, 0.2) is 60.2 Å². The van der Waals surface area contributed by atoms with Gasteiger partial charge in [0.1, 0.15) is 23.4 Å². The molecule has 6 rings (SSSR count). The number of ether oxygens (including phenoxy) is 2. The highest BCUT2D eigenvalue weighted by Crippen LogP contribution is 2.45. The summed E-state index contributed by atoms with van der Waals surface area (Å²) in [6, 6.07) is 16.0. The van der Waals surface area contributed by atoms with E-state index in [2.05, 4.69) is 13.8 Å². The lowest BCUT2D eigenvalue weighted by Crippen LogP contribution is -2.29. The minimum atomic E-state index is -0.885. The lowest BCUT2D eigenvalue weighted by Gasteiger charge is -2.23. The number of carbonyl (C=O) groups is 2. The van der Waals surface area contributed by atoms with Crippen LogP contribution in [0.1, 0.15) is 61.1 Å². The molecule has 216 valence electrons. The quantitative estimate of drug-likeness (QED) is 0.140. The van der Waals surface area contributed by atoms with Gasteiger partial charge in [0.05, 0.1) is 28.4 Å². The van der Waals surface area contributed by atoms with Crippen molar-refractivity contribution in [1.82, 2.24) is 4.98 Å². The highest BCUT2D eigenvalue weighted by atomic mass is 32.1. The van der Waals surface area contributed by atoms with E-state index in [9.17, 15) is 14.7 Å². The fourth-order valence-electron chi connectivity index (χ4n) is 5.72. The monoisotopic (exact) mass is 582 g/mol. The topological polar surface area (TPSA) is 89.0 Å². The third-order valence-corrected chi connectivity index (χ3v) is 8.78. The van der Waals surface area contributed by atoms with Gasteiger partial charge >= 0.3 is 5.91 Å². The maximum absolute atomic E-state index is 13.8. The number of thiazole rings is 1. The molecular weight excluding hydrogens is 548 g/mol. The first kappa shape index (κ1) is 28.0. The number of aromatic nitrogens is 1. The van der Waals surface area contributed by atoms with Crippen molar-refractivity contribution in [2.45, 2.75) is 59.6 Å². The number of nitrogens with zero attached hydrogens (tertiary/aromatic N) is 2. The second-order valence-electron chi connectivity index (χ2n) is 11.7. The number of hydrogen-bond donors (Lipinski definition) is 1. The maximum Gasteiger partial charge on any atom is 0.301 e. The van der Waals surface area contributed by atoms with Crippen molar-refractivity contribution in [3.63, 3.8) is 0 Å². The number of aliphatic hydroxyl groups excluding tert-OH is 1. The van der Waals surface area contributed by atoms with Gasteiger partial charge < -0.3 is 14.6 Å². The molecule has 0 bridgehead atoms. The summed E-state index contributed by atoms with van der Waals surface area (Å²) in [6.07, 6.45) is 1.63. The molecule has 8 heteroatoms. The van der Waals surface area contributed by atoms with E-state index in [1.807, 2.05) is 63.2 Å². The maximum atomic E-state index is 13.8. The minimum absolute atomic E-state index is 0.0263. The first-order chi connectivity index (χ1) is 20.1. The Morgan fingerprint density at radius 2 is 1.95 bits per heavy atom. The number of rotatable bonds is 7. The van der Waals surface area contributed by atoms with Crippen LogP contribution in [0, 0.1) is 19.8 Å². The van der Waals surface area contributed by atoms with E-state index in [-0.39, 0.29) is 17.4 Å². The summed E-state index contributed by atoms with van der Waals surface area (Å²) in [5, 5.41) is 12.1. The molecule has 0 unspecified atom stereocenters. The Bertz CT molecular complexity index is 1750. The van der Waals surface area contributed by atoms with Gasteiger partial charge in [0.15, 0.2) is 5.13 Å². The van der Waals surface area contributed by atoms with Crippen molar-refractivity contribution in [2.24, 2.45) is 5.92 Å². The van der Waals surface area contributed by atoms with Crippen molar-refractivity contribution in [1.29, 1.82) is 0 Å². The number of amides is 1. The molecule has 1 aromatic heterocycles. The van der Waals surface area contributed by atoms with Crippen molar-refractivity contribution in [3.8, 4) is 11.5 Å². The van der Waals surface area contributed by atoms with E-state index in [4.69, 9.17) is 14.5 Å². The van der Waals surface area contributed by atoms with Gasteiger partial charge in [-0.25, -0.2) is 4.98 Å². The van der Waals surface area contributed by atoms with Crippen molar-refractivity contribution >= 4 is 44.1 Å². The van der Waals surface area contributed by atoms with Gasteiger partial charge in [0, 0.05) is 12.0 Å². The van der Waals surface area contributed by atoms with Gasteiger partial charge in [0.25, 0.3) is 5.78 Å². The third-order valence-electron chi connectivity index (χ3n) is 7.78. The van der Waals surface area contributed by atoms with Crippen LogP contribution in [0.2, 0.25) is 0 Å². The fraction of sp³-hybridized carbons (Fsp3) is 0.324. The molecule has 4 aromatic rings. The Kier molecular flexibility index (Phi) is 7.27. The van der Waals surface area contributed by atoms with Crippen LogP contribution < -0.4 is 14.4 Å². The number of fused-ring (bicyclic) bond motifs is 2. The number of aliphatic hydroxyl groups is 1. The summed E-state index contributed by atoms with van der Waals surface area (Å²) >= 11 is 1.36. The van der Waals surface area contributed by atoms with Crippen molar-refractivity contribution < 1.29 is 24.2 Å². The predicted molar refractivity (Wildman–Crippen MR) is 166 cm³/mol. The van der Waals surface area contributed by atoms with Gasteiger partial charge in [-0.1, -0.05) is 43.4 Å². The average Bonchev–Trinajstić information content (AvgIpc) is 3.61. The molecule has 2 aliphatic rings. The van der Waals surface area contributed by atoms with Crippen molar-refractivity contribution in [2.75, 3.05) is 11.5 Å². The Hall–Kier alpha value is -4.17. The molecule has 7 nitrogen and oxygen atoms in total. The molecule has 0 radical (unpaired) electrons. The molecule has 0 aliphatic carbocycles. The molecule has 2 aliphatic heterocycles. The van der Waals surface area contributed by atoms with Crippen LogP contribution in [-0.2, 0) is 16.0 Å². The predicted octanol–water partition coefficient (Wildman–Crippen LogP) is 7.29. The summed E-state index contributed by atoms with van der Waals surface area (Å²) in [4.78, 5) is 33.8. The Balaban J connectivity index is 1.50. The molecular formula is C34H34N2O5S. The van der Waals surface area contributed by atoms with Crippen LogP contribution in [-0.4, -0.2) is 34.5 Å². The van der Waals surface area contributed by atoms with E-state index in [0.717, 1.165) is 39.1 Å². The molecule has 42 heavy (non-hydrogen) atoms. The largest absolute Gasteiger partial charge is 0.507 e. The molecule has 1 N–H and O–H groups in total. The van der Waals surface area contributed by atoms with E-state index in [1.54, 1.807) is 12.1 Å². The normalized spacial score (nSPS) is 19.5. The number of anilines is 1. The number of Topliss-reactive ketones (excluding diaryl/α,β-unsaturated/α-hetero) is 1. The van der Waals surface area contributed by atoms with Crippen molar-refractivity contribution in [3.05, 3.63) is 88.0 Å². The first-order valence-electron chi connectivity index (χ1n) is 14.3. The molecule has 3 aromatic carbocycles. The highest BCUT2D eigenvalue weighted by molar-refractivity contribution is 7.22. The summed E-state index contributed by atoms with van der Waals surface area (Å²) in [5.74, 6) is 0.204. The average molecular weight is 583 g/mol. The van der Waals surface area contributed by atoms with Crippen LogP contribution in [0.5, 0.6) is 11.5 Å². The van der Waals surface area contributed by atoms with Gasteiger partial charge in [-0.15, -0.1) is 0 Å². The first-order valence-corrected chi connectivity index (χ1v) is 15.1. The SMILES string of the molecule is Cc1cc(C)c2nc(N3C(=O)C(=O)C(=C(O)c4ccc5c(c4)C[C@H](C)O5)[C@H]3c3cccc(OCCC(C)C)c3)sc2c1. The van der Waals surface area contributed by atoms with E-state index in [0.29, 0.717) is 41.0 Å². The minimum Gasteiger partial charge on any atom is -0.507 e. The van der Waals surface area contributed by atoms with Crippen LogP contribution in [0.4, 0.5) is 5.13 Å². The van der Waals surface area contributed by atoms with Gasteiger partial charge in [0.2, 0.25) is 0 Å². The molecule has 1 saturated heterocycles. The van der Waals surface area contributed by atoms with E-state index in [1.165, 1.54) is 16.2 Å². The Labute approximate surface area is 249 Å². The molecule has 3 heterocycles. The Morgan fingerprint density at radius 1 is 1.14 bits per heavy atom. The van der Waals surface area contributed by atoms with Crippen LogP contribution in [0.3, 0.4) is 0 Å². The molecule has 0 saturated carbocycles. The van der Waals surface area contributed by atoms with Crippen LogP contribution in [0.25, 0.3) is 16.0 Å². The number of carbonyl (C=O) groups excluding carboxylic acids is 2. The number of benzene rings is 3. The molecule has 1 fully saturated rings. The summed E-state index contributed by atoms with van der Waals surface area (Å²) in [5.41, 5.74) is 4.98. The zero-order chi connectivity index (χ0) is 29.7. The van der Waals surface area contributed by atoms with Crippen LogP contribution >= 0.6 is 11.3 Å². The summed E-state index contributed by atoms with van der Waals surface area (Å²) in [6.45, 7) is 10.8. The fourth-order valence-corrected chi connectivity index (χ4v) is 6.89. The Morgan fingerprint density at radius 3 is 2.74 bits per heavy atom. The molecule has 2 atom stereocenters. The zero-order valence-electron chi connectivity index (χ0n) is 24.4. The lowest BCUT2D eigenvalue weighted by molar-refractivity contribution is -0.132. The summed E-state index contributed by atoms with van der Waals surface area (Å²) < 4.78 is 12.8. The van der Waals surface area contributed by atoms with E-state index >= 15 is 0 Å². The van der Waals surface area contributed by atoms with Gasteiger partial charge in [-0.05, 0) is 91.8 Å².